The Morgan fingerprint density at radius 2 is 2.20 bits per heavy atom. The average molecular weight is 179 g/mol. The zero-order chi connectivity index (χ0) is 7.98. The van der Waals surface area contributed by atoms with E-state index in [0.29, 0.717) is 0 Å². The fourth-order valence-corrected chi connectivity index (χ4v) is 0.964. The summed E-state index contributed by atoms with van der Waals surface area (Å²) in [5, 5.41) is -0.0347. The van der Waals surface area contributed by atoms with Gasteiger partial charge in [0.25, 0.3) is 0 Å². The minimum absolute atomic E-state index is 0.0183. The summed E-state index contributed by atoms with van der Waals surface area (Å²) in [6, 6.07) is 0. The van der Waals surface area contributed by atoms with E-state index in [-0.39, 0.29) is 23.2 Å². The smallest absolute Gasteiger partial charge is 0.186 e. The maximum absolute atomic E-state index is 10.7. The number of carbonyl (C=O) groups excluding carboxylic acids is 2. The van der Waals surface area contributed by atoms with Gasteiger partial charge >= 0.3 is 0 Å². The van der Waals surface area contributed by atoms with E-state index in [0.717, 1.165) is 11.8 Å². The molecule has 0 saturated heterocycles. The van der Waals surface area contributed by atoms with Crippen LogP contribution in [0.3, 0.4) is 0 Å². The Hall–Kier alpha value is -0.0000000000000000555. The Labute approximate surface area is 69.5 Å². The molecule has 10 heavy (non-hydrogen) atoms. The van der Waals surface area contributed by atoms with Crippen molar-refractivity contribution >= 4 is 35.5 Å². The zero-order valence-corrected chi connectivity index (χ0v) is 7.30. The highest BCUT2D eigenvalue weighted by Gasteiger charge is 2.01. The van der Waals surface area contributed by atoms with Crippen LogP contribution in [0.2, 0.25) is 0 Å². The molecule has 0 aliphatic rings. The SMILES string of the molecule is CC(=O)SCC(=O)CNS. The van der Waals surface area contributed by atoms with Crippen LogP contribution in [0, 0.1) is 0 Å². The van der Waals surface area contributed by atoms with Gasteiger partial charge in [-0.1, -0.05) is 24.6 Å². The summed E-state index contributed by atoms with van der Waals surface area (Å²) >= 11 is 4.66. The minimum Gasteiger partial charge on any atom is -0.297 e. The Bertz CT molecular complexity index is 138. The first-order chi connectivity index (χ1) is 4.66. The van der Waals surface area contributed by atoms with Crippen LogP contribution in [0.4, 0.5) is 0 Å². The lowest BCUT2D eigenvalue weighted by Gasteiger charge is -1.94. The molecule has 0 aliphatic carbocycles. The first-order valence-corrected chi connectivity index (χ1v) is 4.12. The highest BCUT2D eigenvalue weighted by Crippen LogP contribution is 1.99. The number of hydrogen-bond donors (Lipinski definition) is 2. The van der Waals surface area contributed by atoms with Crippen molar-refractivity contribution in [3.63, 3.8) is 0 Å². The normalized spacial score (nSPS) is 9.40. The van der Waals surface area contributed by atoms with Gasteiger partial charge in [0.1, 0.15) is 0 Å². The molecule has 0 rings (SSSR count). The van der Waals surface area contributed by atoms with E-state index in [1.54, 1.807) is 0 Å². The van der Waals surface area contributed by atoms with Gasteiger partial charge in [-0.2, -0.15) is 0 Å². The molecule has 0 heterocycles. The molecular weight excluding hydrogens is 170 g/mol. The number of Topliss-reactive ketones (excluding diaryl/α,β-unsaturated/α-hetero) is 1. The van der Waals surface area contributed by atoms with Gasteiger partial charge < -0.3 is 0 Å². The molecule has 0 spiro atoms. The molecule has 5 heteroatoms. The molecule has 3 nitrogen and oxygen atoms in total. The molecule has 1 N–H and O–H groups in total. The molecule has 0 amide bonds. The molecule has 0 bridgehead atoms. The van der Waals surface area contributed by atoms with E-state index in [9.17, 15) is 9.59 Å². The zero-order valence-electron chi connectivity index (χ0n) is 5.59. The highest BCUT2D eigenvalue weighted by molar-refractivity contribution is 8.14. The number of hydrogen-bond acceptors (Lipinski definition) is 5. The van der Waals surface area contributed by atoms with E-state index < -0.39 is 0 Å². The first kappa shape index (κ1) is 10.0. The lowest BCUT2D eigenvalue weighted by molar-refractivity contribution is -0.116. The van der Waals surface area contributed by atoms with Crippen LogP contribution in [0.15, 0.2) is 0 Å². The van der Waals surface area contributed by atoms with E-state index in [2.05, 4.69) is 17.5 Å². The number of thioether (sulfide) groups is 1. The van der Waals surface area contributed by atoms with Crippen molar-refractivity contribution in [1.29, 1.82) is 0 Å². The molecule has 0 aliphatic heterocycles. The van der Waals surface area contributed by atoms with Crippen LogP contribution in [-0.4, -0.2) is 23.2 Å². The van der Waals surface area contributed by atoms with Gasteiger partial charge in [0, 0.05) is 6.92 Å². The molecule has 0 radical (unpaired) electrons. The summed E-state index contributed by atoms with van der Waals surface area (Å²) in [5.41, 5.74) is 0. The molecular formula is C5H9NO2S2. The standard InChI is InChI=1S/C5H9NO2S2/c1-4(7)10-3-5(8)2-6-9/h6,9H,2-3H2,1H3. The summed E-state index contributed by atoms with van der Waals surface area (Å²) in [7, 11) is 0. The first-order valence-electron chi connectivity index (χ1n) is 2.69. The number of ketones is 1. The van der Waals surface area contributed by atoms with Gasteiger partial charge in [-0.05, 0) is 0 Å². The van der Waals surface area contributed by atoms with Crippen LogP contribution >= 0.6 is 24.6 Å². The van der Waals surface area contributed by atoms with Gasteiger partial charge in [0.2, 0.25) is 0 Å². The van der Waals surface area contributed by atoms with Gasteiger partial charge in [-0.3, -0.25) is 14.3 Å². The number of rotatable bonds is 4. The highest BCUT2D eigenvalue weighted by atomic mass is 32.2. The fourth-order valence-electron chi connectivity index (χ4n) is 0.321. The molecule has 0 unspecified atom stereocenters. The average Bonchev–Trinajstić information content (AvgIpc) is 1.85. The number of nitrogens with one attached hydrogen (secondary N) is 1. The quantitative estimate of drug-likeness (QED) is 0.608. The van der Waals surface area contributed by atoms with Crippen molar-refractivity contribution in [2.24, 2.45) is 0 Å². The summed E-state index contributed by atoms with van der Waals surface area (Å²) in [5.74, 6) is 0.221. The van der Waals surface area contributed by atoms with Gasteiger partial charge in [-0.25, -0.2) is 0 Å². The maximum Gasteiger partial charge on any atom is 0.186 e. The predicted octanol–water partition coefficient (Wildman–Crippen LogP) is 0.270. The van der Waals surface area contributed by atoms with Gasteiger partial charge in [-0.15, -0.1) is 0 Å². The fraction of sp³-hybridized carbons (Fsp3) is 0.600. The Balaban J connectivity index is 3.30. The van der Waals surface area contributed by atoms with Crippen LogP contribution in [0.1, 0.15) is 6.92 Å². The van der Waals surface area contributed by atoms with E-state index >= 15 is 0 Å². The third-order valence-electron chi connectivity index (χ3n) is 0.713. The molecule has 0 fully saturated rings. The van der Waals surface area contributed by atoms with Gasteiger partial charge in [0.05, 0.1) is 12.3 Å². The van der Waals surface area contributed by atoms with Crippen LogP contribution < -0.4 is 4.72 Å². The summed E-state index contributed by atoms with van der Waals surface area (Å²) in [4.78, 5) is 21.0. The third-order valence-corrected chi connectivity index (χ3v) is 1.74. The molecule has 0 saturated carbocycles. The van der Waals surface area contributed by atoms with E-state index in [1.807, 2.05) is 0 Å². The van der Waals surface area contributed by atoms with Crippen molar-refractivity contribution in [2.75, 3.05) is 12.3 Å². The summed E-state index contributed by atoms with van der Waals surface area (Å²) in [6.45, 7) is 1.65. The second kappa shape index (κ2) is 5.76. The third kappa shape index (κ3) is 6.12. The van der Waals surface area contributed by atoms with Crippen LogP contribution in [-0.2, 0) is 9.59 Å². The molecule has 0 aromatic rings. The lowest BCUT2D eigenvalue weighted by atomic mass is 10.5. The van der Waals surface area contributed by atoms with Crippen molar-refractivity contribution in [3.05, 3.63) is 0 Å². The van der Waals surface area contributed by atoms with E-state index in [4.69, 9.17) is 0 Å². The molecule has 0 aromatic heterocycles. The Morgan fingerprint density at radius 3 is 2.60 bits per heavy atom. The second-order valence-corrected chi connectivity index (χ2v) is 3.12. The van der Waals surface area contributed by atoms with E-state index in [1.165, 1.54) is 6.92 Å². The molecule has 58 valence electrons. The van der Waals surface area contributed by atoms with Crippen LogP contribution in [0.5, 0.6) is 0 Å². The lowest BCUT2D eigenvalue weighted by Crippen LogP contribution is -2.16. The number of thiol groups is 1. The van der Waals surface area contributed by atoms with Crippen molar-refractivity contribution in [2.45, 2.75) is 6.92 Å². The van der Waals surface area contributed by atoms with Crippen LogP contribution in [0.25, 0.3) is 0 Å². The van der Waals surface area contributed by atoms with Gasteiger partial charge in [0.15, 0.2) is 10.9 Å². The Morgan fingerprint density at radius 1 is 1.60 bits per heavy atom. The minimum atomic E-state index is -0.0347. The number of carbonyl (C=O) groups is 2. The molecule has 0 aromatic carbocycles. The Kier molecular flexibility index (Phi) is 5.76. The van der Waals surface area contributed by atoms with Crippen molar-refractivity contribution < 1.29 is 9.59 Å². The predicted molar refractivity (Wildman–Crippen MR) is 45.1 cm³/mol. The van der Waals surface area contributed by atoms with Crippen molar-refractivity contribution in [1.82, 2.24) is 4.72 Å². The van der Waals surface area contributed by atoms with Crippen molar-refractivity contribution in [3.8, 4) is 0 Å². The molecule has 0 atom stereocenters. The second-order valence-electron chi connectivity index (χ2n) is 1.65. The largest absolute Gasteiger partial charge is 0.297 e. The maximum atomic E-state index is 10.7. The monoisotopic (exact) mass is 179 g/mol. The summed E-state index contributed by atoms with van der Waals surface area (Å²) < 4.78 is 2.41. The summed E-state index contributed by atoms with van der Waals surface area (Å²) in [6.07, 6.45) is 0. The topological polar surface area (TPSA) is 46.2 Å².